The first-order chi connectivity index (χ1) is 9.66. The standard InChI is InChI=1S/C14H9BrFN3S/c15-11-7-6-10(16)8-12(11)19-13(17-18-14(19)20)9-4-2-1-3-5-9/h1-8H,(H,18,20). The van der Waals surface area contributed by atoms with Gasteiger partial charge in [0.05, 0.1) is 5.69 Å². The van der Waals surface area contributed by atoms with Gasteiger partial charge in [-0.05, 0) is 46.3 Å². The van der Waals surface area contributed by atoms with E-state index in [2.05, 4.69) is 26.1 Å². The summed E-state index contributed by atoms with van der Waals surface area (Å²) in [6, 6.07) is 14.1. The lowest BCUT2D eigenvalue weighted by molar-refractivity contribution is 0.626. The lowest BCUT2D eigenvalue weighted by Gasteiger charge is -2.09. The number of nitrogens with zero attached hydrogens (tertiary/aromatic N) is 2. The van der Waals surface area contributed by atoms with Gasteiger partial charge in [-0.3, -0.25) is 9.67 Å². The van der Waals surface area contributed by atoms with Crippen molar-refractivity contribution in [3.05, 3.63) is 63.6 Å². The molecule has 0 aliphatic heterocycles. The maximum atomic E-state index is 13.5. The summed E-state index contributed by atoms with van der Waals surface area (Å²) in [5.74, 6) is 0.312. The Morgan fingerprint density at radius 3 is 2.65 bits per heavy atom. The Labute approximate surface area is 128 Å². The van der Waals surface area contributed by atoms with Crippen LogP contribution in [0.1, 0.15) is 0 Å². The molecule has 0 spiro atoms. The van der Waals surface area contributed by atoms with Gasteiger partial charge in [-0.1, -0.05) is 30.3 Å². The van der Waals surface area contributed by atoms with Crippen molar-refractivity contribution in [2.24, 2.45) is 0 Å². The number of H-pyrrole nitrogens is 1. The van der Waals surface area contributed by atoms with Crippen molar-refractivity contribution in [2.75, 3.05) is 0 Å². The van der Waals surface area contributed by atoms with Crippen LogP contribution in [0.4, 0.5) is 4.39 Å². The average Bonchev–Trinajstić information content (AvgIpc) is 2.84. The molecule has 1 N–H and O–H groups in total. The van der Waals surface area contributed by atoms with Crippen molar-refractivity contribution in [1.29, 1.82) is 0 Å². The van der Waals surface area contributed by atoms with Crippen molar-refractivity contribution in [3.8, 4) is 17.1 Å². The molecule has 1 heterocycles. The highest BCUT2D eigenvalue weighted by Crippen LogP contribution is 2.27. The lowest BCUT2D eigenvalue weighted by atomic mass is 10.2. The van der Waals surface area contributed by atoms with Crippen LogP contribution >= 0.6 is 28.1 Å². The molecule has 0 atom stereocenters. The van der Waals surface area contributed by atoms with Crippen molar-refractivity contribution >= 4 is 28.1 Å². The van der Waals surface area contributed by atoms with Crippen LogP contribution in [0.3, 0.4) is 0 Å². The van der Waals surface area contributed by atoms with E-state index in [1.165, 1.54) is 12.1 Å². The third-order valence-electron chi connectivity index (χ3n) is 2.85. The summed E-state index contributed by atoms with van der Waals surface area (Å²) in [7, 11) is 0. The molecule has 0 fully saturated rings. The smallest absolute Gasteiger partial charge is 0.200 e. The summed E-state index contributed by atoms with van der Waals surface area (Å²) in [6.45, 7) is 0. The van der Waals surface area contributed by atoms with Gasteiger partial charge in [0.2, 0.25) is 0 Å². The van der Waals surface area contributed by atoms with Crippen molar-refractivity contribution in [1.82, 2.24) is 14.8 Å². The lowest BCUT2D eigenvalue weighted by Crippen LogP contribution is -1.99. The predicted octanol–water partition coefficient (Wildman–Crippen LogP) is 4.50. The van der Waals surface area contributed by atoms with E-state index in [-0.39, 0.29) is 5.82 Å². The molecule has 0 radical (unpaired) electrons. The first-order valence-electron chi connectivity index (χ1n) is 5.85. The molecule has 0 bridgehead atoms. The van der Waals surface area contributed by atoms with Crippen LogP contribution in [0.2, 0.25) is 0 Å². The second-order valence-electron chi connectivity index (χ2n) is 4.15. The molecule has 3 nitrogen and oxygen atoms in total. The third kappa shape index (κ3) is 2.32. The van der Waals surface area contributed by atoms with E-state index in [1.807, 2.05) is 30.3 Å². The zero-order valence-electron chi connectivity index (χ0n) is 10.2. The topological polar surface area (TPSA) is 33.6 Å². The molecule has 0 saturated heterocycles. The Morgan fingerprint density at radius 1 is 1.15 bits per heavy atom. The summed E-state index contributed by atoms with van der Waals surface area (Å²) in [5.41, 5.74) is 1.51. The van der Waals surface area contributed by atoms with E-state index in [9.17, 15) is 4.39 Å². The molecule has 0 saturated carbocycles. The zero-order chi connectivity index (χ0) is 14.1. The molecule has 0 aliphatic carbocycles. The number of hydrogen-bond acceptors (Lipinski definition) is 2. The van der Waals surface area contributed by atoms with Gasteiger partial charge in [0.15, 0.2) is 10.6 Å². The molecule has 20 heavy (non-hydrogen) atoms. The Bertz CT molecular complexity index is 811. The van der Waals surface area contributed by atoms with E-state index < -0.39 is 0 Å². The second-order valence-corrected chi connectivity index (χ2v) is 5.39. The molecule has 2 aromatic carbocycles. The fourth-order valence-electron chi connectivity index (χ4n) is 1.96. The summed E-state index contributed by atoms with van der Waals surface area (Å²) >= 11 is 8.68. The predicted molar refractivity (Wildman–Crippen MR) is 81.8 cm³/mol. The van der Waals surface area contributed by atoms with Crippen LogP contribution in [-0.2, 0) is 0 Å². The summed E-state index contributed by atoms with van der Waals surface area (Å²) in [5, 5.41) is 6.99. The van der Waals surface area contributed by atoms with Crippen LogP contribution in [-0.4, -0.2) is 14.8 Å². The number of aromatic nitrogens is 3. The van der Waals surface area contributed by atoms with Crippen LogP contribution in [0.15, 0.2) is 53.0 Å². The highest BCUT2D eigenvalue weighted by atomic mass is 79.9. The number of halogens is 2. The fourth-order valence-corrected chi connectivity index (χ4v) is 2.61. The Hall–Kier alpha value is -1.79. The second kappa shape index (κ2) is 5.30. The van der Waals surface area contributed by atoms with E-state index in [4.69, 9.17) is 12.2 Å². The average molecular weight is 350 g/mol. The zero-order valence-corrected chi connectivity index (χ0v) is 12.6. The highest BCUT2D eigenvalue weighted by Gasteiger charge is 2.13. The molecule has 1 aromatic heterocycles. The number of nitrogens with one attached hydrogen (secondary N) is 1. The maximum absolute atomic E-state index is 13.5. The summed E-state index contributed by atoms with van der Waals surface area (Å²) < 4.78 is 16.4. The first kappa shape index (κ1) is 13.2. The molecule has 0 unspecified atom stereocenters. The van der Waals surface area contributed by atoms with Gasteiger partial charge in [-0.25, -0.2) is 4.39 Å². The van der Waals surface area contributed by atoms with Gasteiger partial charge in [0.25, 0.3) is 0 Å². The minimum absolute atomic E-state index is 0.328. The van der Waals surface area contributed by atoms with Gasteiger partial charge in [0, 0.05) is 10.0 Å². The fraction of sp³-hybridized carbons (Fsp3) is 0. The largest absolute Gasteiger partial charge is 0.267 e. The molecular weight excluding hydrogens is 341 g/mol. The van der Waals surface area contributed by atoms with Crippen LogP contribution in [0, 0.1) is 10.6 Å². The van der Waals surface area contributed by atoms with Gasteiger partial charge in [-0.2, -0.15) is 5.10 Å². The van der Waals surface area contributed by atoms with Crippen molar-refractivity contribution in [2.45, 2.75) is 0 Å². The highest BCUT2D eigenvalue weighted by molar-refractivity contribution is 9.10. The minimum Gasteiger partial charge on any atom is -0.267 e. The first-order valence-corrected chi connectivity index (χ1v) is 7.05. The van der Waals surface area contributed by atoms with Crippen LogP contribution in [0.25, 0.3) is 17.1 Å². The van der Waals surface area contributed by atoms with Crippen LogP contribution < -0.4 is 0 Å². The molecule has 100 valence electrons. The Balaban J connectivity index is 2.27. The normalized spacial score (nSPS) is 10.7. The van der Waals surface area contributed by atoms with Gasteiger partial charge < -0.3 is 0 Å². The maximum Gasteiger partial charge on any atom is 0.200 e. The molecule has 3 rings (SSSR count). The number of rotatable bonds is 2. The molecule has 6 heteroatoms. The molecule has 3 aromatic rings. The van der Waals surface area contributed by atoms with Crippen molar-refractivity contribution < 1.29 is 4.39 Å². The SMILES string of the molecule is Fc1ccc(Br)c(-n2c(-c3ccccc3)n[nH]c2=S)c1. The van der Waals surface area contributed by atoms with E-state index >= 15 is 0 Å². The summed E-state index contributed by atoms with van der Waals surface area (Å²) in [6.07, 6.45) is 0. The van der Waals surface area contributed by atoms with Crippen molar-refractivity contribution in [3.63, 3.8) is 0 Å². The van der Waals surface area contributed by atoms with Gasteiger partial charge >= 0.3 is 0 Å². The van der Waals surface area contributed by atoms with E-state index in [0.717, 1.165) is 10.0 Å². The summed E-state index contributed by atoms with van der Waals surface area (Å²) in [4.78, 5) is 0. The number of benzene rings is 2. The van der Waals surface area contributed by atoms with Gasteiger partial charge in [0.1, 0.15) is 5.82 Å². The molecular formula is C14H9BrFN3S. The van der Waals surface area contributed by atoms with Crippen LogP contribution in [0.5, 0.6) is 0 Å². The van der Waals surface area contributed by atoms with Gasteiger partial charge in [-0.15, -0.1) is 0 Å². The molecule has 0 amide bonds. The Kier molecular flexibility index (Phi) is 3.50. The third-order valence-corrected chi connectivity index (χ3v) is 3.80. The monoisotopic (exact) mass is 349 g/mol. The molecule has 0 aliphatic rings. The number of hydrogen-bond donors (Lipinski definition) is 1. The van der Waals surface area contributed by atoms with E-state index in [0.29, 0.717) is 16.3 Å². The minimum atomic E-state index is -0.328. The quantitative estimate of drug-likeness (QED) is 0.691. The Morgan fingerprint density at radius 2 is 1.90 bits per heavy atom. The van der Waals surface area contributed by atoms with E-state index in [1.54, 1.807) is 10.6 Å². The number of aromatic amines is 1.